The Morgan fingerprint density at radius 1 is 0.535 bits per heavy atom. The van der Waals surface area contributed by atoms with E-state index in [0.717, 1.165) is 18.4 Å². The number of rotatable bonds is 10. The van der Waals surface area contributed by atoms with Crippen LogP contribution >= 0.6 is 0 Å². The number of aromatic nitrogens is 2. The molecule has 2 nitrogen and oxygen atoms in total. The number of aryl methyl sites for hydroxylation is 1. The van der Waals surface area contributed by atoms with E-state index in [0.29, 0.717) is 0 Å². The molecule has 0 amide bonds. The summed E-state index contributed by atoms with van der Waals surface area (Å²) in [6, 6.07) is 8.52. The van der Waals surface area contributed by atoms with Gasteiger partial charge in [0.2, 0.25) is 0 Å². The van der Waals surface area contributed by atoms with Gasteiger partial charge in [-0.15, -0.1) is 0 Å². The van der Waals surface area contributed by atoms with E-state index in [-0.39, 0.29) is 34.1 Å². The standard InChI is InChI=1S/C19H25N2.C10H20.2C5H10.2Fe/c1-2-6-17(5-1)7-3-4-14-21-15-10-19(11-16-21)18-8-12-20-13-9-18;1-2-3-4-7-10-8-5-6-9-10;2*1-2-4-5-3-1;;/h8-13,15-17H,1-7,14H2;10H,2-9H2,1H3;2*1-5H2;;/q+1;;;;;. The quantitative estimate of drug-likeness (QED) is 0.139. The van der Waals surface area contributed by atoms with Gasteiger partial charge in [-0.05, 0) is 41.5 Å². The second-order valence-electron chi connectivity index (χ2n) is 13.4. The summed E-state index contributed by atoms with van der Waals surface area (Å²) in [5.41, 5.74) is 2.50. The van der Waals surface area contributed by atoms with Gasteiger partial charge < -0.3 is 0 Å². The molecule has 4 aliphatic rings. The number of hydrogen-bond donors (Lipinski definition) is 0. The van der Waals surface area contributed by atoms with E-state index in [2.05, 4.69) is 53.1 Å². The van der Waals surface area contributed by atoms with E-state index < -0.39 is 0 Å². The summed E-state index contributed by atoms with van der Waals surface area (Å²) in [5.74, 6) is 2.15. The Labute approximate surface area is 288 Å². The Hall–Kier alpha value is -0.661. The first-order chi connectivity index (χ1) is 20.3. The van der Waals surface area contributed by atoms with Crippen molar-refractivity contribution in [3.05, 3.63) is 49.1 Å². The molecule has 0 bridgehead atoms. The molecule has 246 valence electrons. The Morgan fingerprint density at radius 3 is 1.35 bits per heavy atom. The molecular formula is C39H65Fe2N2+. The van der Waals surface area contributed by atoms with E-state index >= 15 is 0 Å². The third kappa shape index (κ3) is 19.5. The zero-order valence-electron chi connectivity index (χ0n) is 27.8. The fourth-order valence-electron chi connectivity index (χ4n) is 7.12. The first kappa shape index (κ1) is 40.4. The maximum absolute atomic E-state index is 4.07. The predicted octanol–water partition coefficient (Wildman–Crippen LogP) is 12.0. The van der Waals surface area contributed by atoms with Crippen LogP contribution < -0.4 is 4.57 Å². The maximum atomic E-state index is 4.07. The SMILES string of the molecule is C1CCCC1.C1CCCC1.CCCCCC1CCCC1.[Fe].[Fe].c1cc(-c2cc[n+](CCCCC3CCCC3)cc2)ccn1. The minimum atomic E-state index is 0. The van der Waals surface area contributed by atoms with Crippen LogP contribution in [0.4, 0.5) is 0 Å². The number of nitrogens with zero attached hydrogens (tertiary/aromatic N) is 2. The minimum Gasteiger partial charge on any atom is -0.265 e. The summed E-state index contributed by atoms with van der Waals surface area (Å²) in [6.07, 6.45) is 45.0. The molecule has 4 aliphatic carbocycles. The van der Waals surface area contributed by atoms with E-state index in [1.165, 1.54) is 172 Å². The molecule has 0 saturated heterocycles. The zero-order valence-corrected chi connectivity index (χ0v) is 30.0. The average Bonchev–Trinajstić information content (AvgIpc) is 3.87. The van der Waals surface area contributed by atoms with Crippen LogP contribution in [-0.4, -0.2) is 4.98 Å². The van der Waals surface area contributed by atoms with Crippen LogP contribution in [0.15, 0.2) is 49.1 Å². The van der Waals surface area contributed by atoms with Crippen LogP contribution in [0.1, 0.15) is 167 Å². The van der Waals surface area contributed by atoms with Gasteiger partial charge in [-0.3, -0.25) is 4.98 Å². The normalized spacial score (nSPS) is 17.8. The van der Waals surface area contributed by atoms with Crippen molar-refractivity contribution in [2.45, 2.75) is 174 Å². The van der Waals surface area contributed by atoms with Gasteiger partial charge in [0.05, 0.1) is 0 Å². The van der Waals surface area contributed by atoms with Crippen molar-refractivity contribution in [1.29, 1.82) is 0 Å². The molecular weight excluding hydrogens is 608 g/mol. The van der Waals surface area contributed by atoms with Crippen LogP contribution in [0.3, 0.4) is 0 Å². The van der Waals surface area contributed by atoms with E-state index in [9.17, 15) is 0 Å². The molecule has 0 spiro atoms. The summed E-state index contributed by atoms with van der Waals surface area (Å²) in [6.45, 7) is 3.43. The zero-order chi connectivity index (χ0) is 28.6. The minimum absolute atomic E-state index is 0. The fourth-order valence-corrected chi connectivity index (χ4v) is 7.12. The van der Waals surface area contributed by atoms with Crippen LogP contribution in [0.25, 0.3) is 11.1 Å². The van der Waals surface area contributed by atoms with E-state index in [4.69, 9.17) is 0 Å². The van der Waals surface area contributed by atoms with Crippen molar-refractivity contribution >= 4 is 0 Å². The van der Waals surface area contributed by atoms with E-state index in [1.54, 1.807) is 0 Å². The van der Waals surface area contributed by atoms with Gasteiger partial charge in [-0.25, -0.2) is 4.57 Å². The first-order valence-corrected chi connectivity index (χ1v) is 18.2. The molecule has 0 atom stereocenters. The number of unbranched alkanes of at least 4 members (excludes halogenated alkanes) is 3. The molecule has 4 saturated carbocycles. The van der Waals surface area contributed by atoms with Crippen molar-refractivity contribution in [2.24, 2.45) is 11.8 Å². The maximum Gasteiger partial charge on any atom is 0.169 e. The van der Waals surface area contributed by atoms with Crippen molar-refractivity contribution in [2.75, 3.05) is 0 Å². The topological polar surface area (TPSA) is 16.8 Å². The molecule has 4 heteroatoms. The number of hydrogen-bond acceptors (Lipinski definition) is 1. The molecule has 0 aliphatic heterocycles. The second kappa shape index (κ2) is 27.6. The Morgan fingerprint density at radius 2 is 0.930 bits per heavy atom. The molecule has 0 aromatic carbocycles. The fraction of sp³-hybridized carbons (Fsp3) is 0.744. The molecule has 2 aromatic heterocycles. The van der Waals surface area contributed by atoms with Crippen LogP contribution in [-0.2, 0) is 40.7 Å². The summed E-state index contributed by atoms with van der Waals surface area (Å²) in [7, 11) is 0. The largest absolute Gasteiger partial charge is 0.265 e. The molecule has 4 fully saturated rings. The van der Waals surface area contributed by atoms with Gasteiger partial charge >= 0.3 is 0 Å². The van der Waals surface area contributed by atoms with Gasteiger partial charge in [0.1, 0.15) is 6.54 Å². The Kier molecular flexibility index (Phi) is 25.9. The predicted molar refractivity (Wildman–Crippen MR) is 178 cm³/mol. The van der Waals surface area contributed by atoms with Crippen molar-refractivity contribution in [1.82, 2.24) is 4.98 Å². The first-order valence-electron chi connectivity index (χ1n) is 18.2. The van der Waals surface area contributed by atoms with Crippen molar-refractivity contribution < 1.29 is 38.7 Å². The van der Waals surface area contributed by atoms with E-state index in [1.807, 2.05) is 12.4 Å². The summed E-state index contributed by atoms with van der Waals surface area (Å²) >= 11 is 0. The molecule has 43 heavy (non-hydrogen) atoms. The molecule has 0 radical (unpaired) electrons. The summed E-state index contributed by atoms with van der Waals surface area (Å²) in [4.78, 5) is 4.07. The molecule has 2 aromatic rings. The smallest absolute Gasteiger partial charge is 0.169 e. The van der Waals surface area contributed by atoms with Crippen LogP contribution in [0.5, 0.6) is 0 Å². The third-order valence-corrected chi connectivity index (χ3v) is 9.85. The molecule has 0 unspecified atom stereocenters. The van der Waals surface area contributed by atoms with Gasteiger partial charge in [0.15, 0.2) is 12.4 Å². The van der Waals surface area contributed by atoms with Crippen LogP contribution in [0, 0.1) is 11.8 Å². The van der Waals surface area contributed by atoms with Crippen molar-refractivity contribution in [3.63, 3.8) is 0 Å². The Balaban J connectivity index is 0.000000347. The number of pyridine rings is 2. The second-order valence-corrected chi connectivity index (χ2v) is 13.4. The average molecular weight is 674 g/mol. The summed E-state index contributed by atoms with van der Waals surface area (Å²) in [5, 5.41) is 0. The van der Waals surface area contributed by atoms with Crippen molar-refractivity contribution in [3.8, 4) is 11.1 Å². The van der Waals surface area contributed by atoms with Gasteiger partial charge in [-0.1, -0.05) is 155 Å². The third-order valence-electron chi connectivity index (χ3n) is 9.85. The molecule has 0 N–H and O–H groups in total. The molecule has 2 heterocycles. The molecule has 6 rings (SSSR count). The summed E-state index contributed by atoms with van der Waals surface area (Å²) < 4.78 is 2.30. The monoisotopic (exact) mass is 673 g/mol. The van der Waals surface area contributed by atoms with Gasteiger partial charge in [0, 0.05) is 65.1 Å². The Bertz CT molecular complexity index is 812. The van der Waals surface area contributed by atoms with Crippen LogP contribution in [0.2, 0.25) is 0 Å². The van der Waals surface area contributed by atoms with Gasteiger partial charge in [-0.2, -0.15) is 0 Å². The van der Waals surface area contributed by atoms with Gasteiger partial charge in [0.25, 0.3) is 0 Å².